The zero-order valence-electron chi connectivity index (χ0n) is 12.6. The highest BCUT2D eigenvalue weighted by Gasteiger charge is 2.24. The van der Waals surface area contributed by atoms with Crippen molar-refractivity contribution in [2.75, 3.05) is 13.6 Å². The highest BCUT2D eigenvalue weighted by Crippen LogP contribution is 2.20. The molecule has 114 valence electrons. The van der Waals surface area contributed by atoms with Gasteiger partial charge in [0, 0.05) is 14.0 Å². The molecule has 6 nitrogen and oxygen atoms in total. The van der Waals surface area contributed by atoms with E-state index in [2.05, 4.69) is 5.32 Å². The zero-order valence-corrected chi connectivity index (χ0v) is 12.6. The van der Waals surface area contributed by atoms with Gasteiger partial charge in [-0.2, -0.15) is 0 Å². The molecule has 0 saturated carbocycles. The molecule has 6 heteroatoms. The molecular formula is C15H20N2O4. The fourth-order valence-electron chi connectivity index (χ4n) is 1.89. The van der Waals surface area contributed by atoms with Crippen LogP contribution < -0.4 is 5.32 Å². The molecule has 0 fully saturated rings. The zero-order chi connectivity index (χ0) is 16.2. The van der Waals surface area contributed by atoms with E-state index >= 15 is 0 Å². The molecule has 0 spiro atoms. The van der Waals surface area contributed by atoms with Gasteiger partial charge in [0.2, 0.25) is 11.8 Å². The maximum absolute atomic E-state index is 11.9. The number of aliphatic carboxylic acids is 1. The third-order valence-corrected chi connectivity index (χ3v) is 3.43. The maximum Gasteiger partial charge on any atom is 0.330 e. The van der Waals surface area contributed by atoms with Gasteiger partial charge < -0.3 is 15.3 Å². The van der Waals surface area contributed by atoms with Crippen LogP contribution in [0.5, 0.6) is 0 Å². The number of carbonyl (C=O) groups excluding carboxylic acids is 2. The molecule has 2 amide bonds. The standard InChI is InChI=1S/C15H20N2O4/c1-9-6-5-7-12(10(9)2)14(15(20)21)16-13(19)8-17(4)11(3)18/h5-7,14H,8H2,1-4H3,(H,16,19)(H,20,21). The molecule has 0 bridgehead atoms. The molecule has 0 heterocycles. The van der Waals surface area contributed by atoms with Gasteiger partial charge in [-0.05, 0) is 30.5 Å². The molecule has 0 aliphatic heterocycles. The van der Waals surface area contributed by atoms with E-state index in [-0.39, 0.29) is 12.5 Å². The first-order valence-corrected chi connectivity index (χ1v) is 6.54. The number of carboxylic acid groups (broad SMARTS) is 1. The van der Waals surface area contributed by atoms with Crippen molar-refractivity contribution in [2.45, 2.75) is 26.8 Å². The number of likely N-dealkylation sites (N-methyl/N-ethyl adjacent to an activating group) is 1. The Morgan fingerprint density at radius 3 is 2.43 bits per heavy atom. The molecule has 1 aromatic carbocycles. The van der Waals surface area contributed by atoms with Gasteiger partial charge in [-0.25, -0.2) is 4.79 Å². The van der Waals surface area contributed by atoms with Crippen molar-refractivity contribution in [2.24, 2.45) is 0 Å². The van der Waals surface area contributed by atoms with Crippen LogP contribution in [0.2, 0.25) is 0 Å². The summed E-state index contributed by atoms with van der Waals surface area (Å²) < 4.78 is 0. The number of benzene rings is 1. The Morgan fingerprint density at radius 2 is 1.90 bits per heavy atom. The van der Waals surface area contributed by atoms with Crippen LogP contribution in [0.15, 0.2) is 18.2 Å². The number of hydrogen-bond acceptors (Lipinski definition) is 3. The van der Waals surface area contributed by atoms with Gasteiger partial charge in [-0.3, -0.25) is 9.59 Å². The van der Waals surface area contributed by atoms with Crippen LogP contribution in [0.4, 0.5) is 0 Å². The lowest BCUT2D eigenvalue weighted by Crippen LogP contribution is -2.41. The lowest BCUT2D eigenvalue weighted by molar-refractivity contribution is -0.142. The molecular weight excluding hydrogens is 272 g/mol. The average molecular weight is 292 g/mol. The summed E-state index contributed by atoms with van der Waals surface area (Å²) in [6, 6.07) is 4.18. The topological polar surface area (TPSA) is 86.7 Å². The van der Waals surface area contributed by atoms with E-state index in [0.29, 0.717) is 5.56 Å². The smallest absolute Gasteiger partial charge is 0.330 e. The SMILES string of the molecule is CC(=O)N(C)CC(=O)NC(C(=O)O)c1cccc(C)c1C. The van der Waals surface area contributed by atoms with Crippen molar-refractivity contribution >= 4 is 17.8 Å². The van der Waals surface area contributed by atoms with Crippen molar-refractivity contribution < 1.29 is 19.5 Å². The molecule has 0 saturated heterocycles. The Hall–Kier alpha value is -2.37. The Morgan fingerprint density at radius 1 is 1.29 bits per heavy atom. The van der Waals surface area contributed by atoms with Gasteiger partial charge in [-0.15, -0.1) is 0 Å². The largest absolute Gasteiger partial charge is 0.479 e. The molecule has 0 aliphatic carbocycles. The van der Waals surface area contributed by atoms with E-state index < -0.39 is 17.9 Å². The normalized spacial score (nSPS) is 11.6. The summed E-state index contributed by atoms with van der Waals surface area (Å²) in [5.74, 6) is -1.91. The van der Waals surface area contributed by atoms with E-state index in [4.69, 9.17) is 0 Å². The average Bonchev–Trinajstić information content (AvgIpc) is 2.39. The van der Waals surface area contributed by atoms with Gasteiger partial charge in [0.1, 0.15) is 0 Å². The molecule has 21 heavy (non-hydrogen) atoms. The number of amides is 2. The third-order valence-electron chi connectivity index (χ3n) is 3.43. The monoisotopic (exact) mass is 292 g/mol. The van der Waals surface area contributed by atoms with Crippen molar-refractivity contribution in [3.63, 3.8) is 0 Å². The molecule has 0 radical (unpaired) electrons. The predicted molar refractivity (Wildman–Crippen MR) is 77.7 cm³/mol. The highest BCUT2D eigenvalue weighted by molar-refractivity contribution is 5.88. The maximum atomic E-state index is 11.9. The number of hydrogen-bond donors (Lipinski definition) is 2. The van der Waals surface area contributed by atoms with Gasteiger partial charge in [-0.1, -0.05) is 18.2 Å². The molecule has 1 aromatic rings. The molecule has 0 aromatic heterocycles. The van der Waals surface area contributed by atoms with Crippen molar-refractivity contribution in [3.8, 4) is 0 Å². The molecule has 1 unspecified atom stereocenters. The van der Waals surface area contributed by atoms with Crippen LogP contribution in [0.1, 0.15) is 29.7 Å². The first-order chi connectivity index (χ1) is 9.73. The third kappa shape index (κ3) is 4.30. The lowest BCUT2D eigenvalue weighted by Gasteiger charge is -2.20. The fraction of sp³-hybridized carbons (Fsp3) is 0.400. The number of rotatable bonds is 5. The summed E-state index contributed by atoms with van der Waals surface area (Å²) in [5.41, 5.74) is 2.32. The highest BCUT2D eigenvalue weighted by atomic mass is 16.4. The number of nitrogens with one attached hydrogen (secondary N) is 1. The van der Waals surface area contributed by atoms with E-state index in [0.717, 1.165) is 11.1 Å². The second-order valence-corrected chi connectivity index (χ2v) is 5.00. The summed E-state index contributed by atoms with van der Waals surface area (Å²) >= 11 is 0. The second-order valence-electron chi connectivity index (χ2n) is 5.00. The summed E-state index contributed by atoms with van der Waals surface area (Å²) in [5, 5.41) is 11.8. The molecule has 1 atom stereocenters. The minimum Gasteiger partial charge on any atom is -0.479 e. The first-order valence-electron chi connectivity index (χ1n) is 6.54. The van der Waals surface area contributed by atoms with Crippen LogP contribution in [0.3, 0.4) is 0 Å². The van der Waals surface area contributed by atoms with E-state index in [1.54, 1.807) is 12.1 Å². The Balaban J connectivity index is 2.94. The summed E-state index contributed by atoms with van der Waals surface area (Å²) in [7, 11) is 1.48. The van der Waals surface area contributed by atoms with E-state index in [9.17, 15) is 19.5 Å². The van der Waals surface area contributed by atoms with Gasteiger partial charge in [0.05, 0.1) is 6.54 Å². The minimum absolute atomic E-state index is 0.177. The van der Waals surface area contributed by atoms with Crippen LogP contribution in [-0.2, 0) is 14.4 Å². The van der Waals surface area contributed by atoms with Crippen LogP contribution in [0.25, 0.3) is 0 Å². The quantitative estimate of drug-likeness (QED) is 0.848. The predicted octanol–water partition coefficient (Wildman–Crippen LogP) is 1.02. The van der Waals surface area contributed by atoms with Gasteiger partial charge >= 0.3 is 5.97 Å². The molecule has 2 N–H and O–H groups in total. The van der Waals surface area contributed by atoms with Crippen molar-refractivity contribution in [1.82, 2.24) is 10.2 Å². The summed E-state index contributed by atoms with van der Waals surface area (Å²) in [6.45, 7) is 4.86. The summed E-state index contributed by atoms with van der Waals surface area (Å²) in [6.07, 6.45) is 0. The fourth-order valence-corrected chi connectivity index (χ4v) is 1.89. The number of aryl methyl sites for hydroxylation is 1. The Labute approximate surface area is 123 Å². The molecule has 0 aliphatic rings. The first kappa shape index (κ1) is 16.7. The van der Waals surface area contributed by atoms with E-state index in [1.807, 2.05) is 19.9 Å². The minimum atomic E-state index is -1.14. The van der Waals surface area contributed by atoms with Crippen LogP contribution in [-0.4, -0.2) is 41.4 Å². The molecule has 1 rings (SSSR count). The van der Waals surface area contributed by atoms with Gasteiger partial charge in [0.15, 0.2) is 6.04 Å². The van der Waals surface area contributed by atoms with Gasteiger partial charge in [0.25, 0.3) is 0 Å². The number of nitrogens with zero attached hydrogens (tertiary/aromatic N) is 1. The number of carbonyl (C=O) groups is 3. The Kier molecular flexibility index (Phi) is 5.46. The summed E-state index contributed by atoms with van der Waals surface area (Å²) in [4.78, 5) is 35.6. The van der Waals surface area contributed by atoms with Crippen molar-refractivity contribution in [3.05, 3.63) is 34.9 Å². The second kappa shape index (κ2) is 6.88. The van der Waals surface area contributed by atoms with Crippen molar-refractivity contribution in [1.29, 1.82) is 0 Å². The number of carboxylic acids is 1. The lowest BCUT2D eigenvalue weighted by atomic mass is 9.97. The van der Waals surface area contributed by atoms with Crippen LogP contribution in [0, 0.1) is 13.8 Å². The Bertz CT molecular complexity index is 569. The van der Waals surface area contributed by atoms with E-state index in [1.165, 1.54) is 18.9 Å². The van der Waals surface area contributed by atoms with Crippen LogP contribution >= 0.6 is 0 Å².